The third-order valence-electron chi connectivity index (χ3n) is 1.72. The SMILES string of the molecule is CC(C)NC(=O)CC1NC(=O)N=C1N. The summed E-state index contributed by atoms with van der Waals surface area (Å²) >= 11 is 0. The van der Waals surface area contributed by atoms with Gasteiger partial charge >= 0.3 is 6.03 Å². The van der Waals surface area contributed by atoms with Gasteiger partial charge < -0.3 is 16.4 Å². The first kappa shape index (κ1) is 10.5. The van der Waals surface area contributed by atoms with Gasteiger partial charge in [0.15, 0.2) is 0 Å². The lowest BCUT2D eigenvalue weighted by Gasteiger charge is -2.12. The standard InChI is InChI=1S/C8H14N4O2/c1-4(2)10-6(13)3-5-7(9)12-8(14)11-5/h4-5H,3H2,1-2H3,(H,10,13)(H3,9,11,12,14). The molecule has 1 atom stereocenters. The van der Waals surface area contributed by atoms with Crippen LogP contribution in [-0.4, -0.2) is 29.9 Å². The number of nitrogens with zero attached hydrogens (tertiary/aromatic N) is 1. The maximum absolute atomic E-state index is 11.3. The summed E-state index contributed by atoms with van der Waals surface area (Å²) in [7, 11) is 0. The predicted molar refractivity (Wildman–Crippen MR) is 51.8 cm³/mol. The Morgan fingerprint density at radius 1 is 1.71 bits per heavy atom. The first-order valence-corrected chi connectivity index (χ1v) is 4.43. The Bertz CT molecular complexity index is 285. The van der Waals surface area contributed by atoms with Crippen molar-refractivity contribution in [3.05, 3.63) is 0 Å². The molecule has 1 heterocycles. The summed E-state index contributed by atoms with van der Waals surface area (Å²) < 4.78 is 0. The summed E-state index contributed by atoms with van der Waals surface area (Å²) in [6, 6.07) is -0.858. The summed E-state index contributed by atoms with van der Waals surface area (Å²) in [5, 5.41) is 5.18. The van der Waals surface area contributed by atoms with Crippen LogP contribution in [0.3, 0.4) is 0 Å². The fraction of sp³-hybridized carbons (Fsp3) is 0.625. The quantitative estimate of drug-likeness (QED) is 0.562. The number of carbonyl (C=O) groups is 2. The number of rotatable bonds is 3. The van der Waals surface area contributed by atoms with Crippen molar-refractivity contribution in [2.75, 3.05) is 0 Å². The van der Waals surface area contributed by atoms with Crippen molar-refractivity contribution < 1.29 is 9.59 Å². The second-order valence-corrected chi connectivity index (χ2v) is 3.47. The van der Waals surface area contributed by atoms with Gasteiger partial charge in [-0.05, 0) is 13.8 Å². The number of hydrogen-bond donors (Lipinski definition) is 3. The van der Waals surface area contributed by atoms with Crippen LogP contribution < -0.4 is 16.4 Å². The van der Waals surface area contributed by atoms with E-state index < -0.39 is 12.1 Å². The third kappa shape index (κ3) is 2.72. The summed E-state index contributed by atoms with van der Waals surface area (Å²) in [5.74, 6) is 0.0271. The molecule has 0 aromatic rings. The molecule has 78 valence electrons. The van der Waals surface area contributed by atoms with E-state index in [1.165, 1.54) is 0 Å². The van der Waals surface area contributed by atoms with E-state index in [0.717, 1.165) is 0 Å². The molecule has 6 heteroatoms. The number of urea groups is 1. The Labute approximate surface area is 81.9 Å². The highest BCUT2D eigenvalue weighted by Gasteiger charge is 2.25. The van der Waals surface area contributed by atoms with Gasteiger partial charge in [-0.3, -0.25) is 4.79 Å². The van der Waals surface area contributed by atoms with Crippen molar-refractivity contribution >= 4 is 17.8 Å². The van der Waals surface area contributed by atoms with Gasteiger partial charge in [-0.15, -0.1) is 0 Å². The Morgan fingerprint density at radius 2 is 2.36 bits per heavy atom. The number of nitrogens with one attached hydrogen (secondary N) is 2. The summed E-state index contributed by atoms with van der Waals surface area (Å²) in [6.45, 7) is 3.73. The first-order chi connectivity index (χ1) is 6.49. The number of amides is 3. The maximum Gasteiger partial charge on any atom is 0.343 e. The van der Waals surface area contributed by atoms with Crippen LogP contribution in [-0.2, 0) is 4.79 Å². The lowest BCUT2D eigenvalue weighted by molar-refractivity contribution is -0.121. The lowest BCUT2D eigenvalue weighted by atomic mass is 10.2. The number of amidine groups is 1. The van der Waals surface area contributed by atoms with E-state index in [-0.39, 0.29) is 24.2 Å². The molecule has 0 fully saturated rings. The van der Waals surface area contributed by atoms with Crippen LogP contribution in [0.5, 0.6) is 0 Å². The fourth-order valence-corrected chi connectivity index (χ4v) is 1.17. The molecule has 0 aliphatic carbocycles. The van der Waals surface area contributed by atoms with E-state index in [2.05, 4.69) is 15.6 Å². The van der Waals surface area contributed by atoms with Crippen LogP contribution in [0.1, 0.15) is 20.3 Å². The molecule has 0 saturated carbocycles. The van der Waals surface area contributed by atoms with Gasteiger partial charge in [0.1, 0.15) is 5.84 Å². The van der Waals surface area contributed by atoms with Crippen molar-refractivity contribution in [2.45, 2.75) is 32.4 Å². The highest BCUT2D eigenvalue weighted by Crippen LogP contribution is 2.00. The molecule has 1 aliphatic heterocycles. The monoisotopic (exact) mass is 198 g/mol. The fourth-order valence-electron chi connectivity index (χ4n) is 1.17. The molecule has 4 N–H and O–H groups in total. The lowest BCUT2D eigenvalue weighted by Crippen LogP contribution is -2.42. The predicted octanol–water partition coefficient (Wildman–Crippen LogP) is -0.650. The van der Waals surface area contributed by atoms with Gasteiger partial charge in [0, 0.05) is 6.04 Å². The first-order valence-electron chi connectivity index (χ1n) is 4.43. The van der Waals surface area contributed by atoms with Gasteiger partial charge in [-0.25, -0.2) is 4.79 Å². The zero-order valence-electron chi connectivity index (χ0n) is 8.20. The Kier molecular flexibility index (Phi) is 3.06. The smallest absolute Gasteiger partial charge is 0.343 e. The topological polar surface area (TPSA) is 96.6 Å². The van der Waals surface area contributed by atoms with E-state index in [0.29, 0.717) is 0 Å². The molecular formula is C8H14N4O2. The van der Waals surface area contributed by atoms with E-state index in [9.17, 15) is 9.59 Å². The average molecular weight is 198 g/mol. The Morgan fingerprint density at radius 3 is 2.79 bits per heavy atom. The summed E-state index contributed by atoms with van der Waals surface area (Å²) in [6.07, 6.45) is 0.138. The molecule has 0 spiro atoms. The summed E-state index contributed by atoms with van der Waals surface area (Å²) in [4.78, 5) is 25.5. The zero-order chi connectivity index (χ0) is 10.7. The third-order valence-corrected chi connectivity index (χ3v) is 1.72. The minimum absolute atomic E-state index is 0.0813. The molecule has 0 aromatic carbocycles. The van der Waals surface area contributed by atoms with Gasteiger partial charge in [-0.2, -0.15) is 4.99 Å². The van der Waals surface area contributed by atoms with Crippen LogP contribution >= 0.6 is 0 Å². The van der Waals surface area contributed by atoms with Crippen molar-refractivity contribution in [3.8, 4) is 0 Å². The molecule has 6 nitrogen and oxygen atoms in total. The second-order valence-electron chi connectivity index (χ2n) is 3.47. The number of hydrogen-bond acceptors (Lipinski definition) is 3. The van der Waals surface area contributed by atoms with E-state index >= 15 is 0 Å². The maximum atomic E-state index is 11.3. The highest BCUT2D eigenvalue weighted by molar-refractivity contribution is 6.04. The molecule has 1 rings (SSSR count). The minimum Gasteiger partial charge on any atom is -0.385 e. The Hall–Kier alpha value is -1.59. The Balaban J connectivity index is 2.43. The van der Waals surface area contributed by atoms with Gasteiger partial charge in [0.25, 0.3) is 0 Å². The largest absolute Gasteiger partial charge is 0.385 e. The van der Waals surface area contributed by atoms with Crippen molar-refractivity contribution in [1.29, 1.82) is 0 Å². The van der Waals surface area contributed by atoms with Crippen LogP contribution in [0.15, 0.2) is 4.99 Å². The van der Waals surface area contributed by atoms with Crippen LogP contribution in [0.4, 0.5) is 4.79 Å². The molecule has 0 saturated heterocycles. The van der Waals surface area contributed by atoms with Crippen molar-refractivity contribution in [2.24, 2.45) is 10.7 Å². The second kappa shape index (κ2) is 4.08. The van der Waals surface area contributed by atoms with Crippen molar-refractivity contribution in [1.82, 2.24) is 10.6 Å². The van der Waals surface area contributed by atoms with Gasteiger partial charge in [0.2, 0.25) is 5.91 Å². The molecule has 0 radical (unpaired) electrons. The van der Waals surface area contributed by atoms with Crippen LogP contribution in [0.2, 0.25) is 0 Å². The van der Waals surface area contributed by atoms with Crippen LogP contribution in [0, 0.1) is 0 Å². The molecular weight excluding hydrogens is 184 g/mol. The zero-order valence-corrected chi connectivity index (χ0v) is 8.20. The number of nitrogens with two attached hydrogens (primary N) is 1. The number of aliphatic imine (C=N–C) groups is 1. The molecule has 14 heavy (non-hydrogen) atoms. The van der Waals surface area contributed by atoms with Gasteiger partial charge in [-0.1, -0.05) is 0 Å². The van der Waals surface area contributed by atoms with E-state index in [1.807, 2.05) is 13.8 Å². The van der Waals surface area contributed by atoms with E-state index in [4.69, 9.17) is 5.73 Å². The highest BCUT2D eigenvalue weighted by atomic mass is 16.2. The van der Waals surface area contributed by atoms with E-state index in [1.54, 1.807) is 0 Å². The average Bonchev–Trinajstić information content (AvgIpc) is 2.28. The molecule has 0 aromatic heterocycles. The van der Waals surface area contributed by atoms with Crippen LogP contribution in [0.25, 0.3) is 0 Å². The normalized spacial score (nSPS) is 20.6. The molecule has 1 unspecified atom stereocenters. The molecule has 0 bridgehead atoms. The molecule has 3 amide bonds. The summed E-state index contributed by atoms with van der Waals surface area (Å²) in [5.41, 5.74) is 5.44. The van der Waals surface area contributed by atoms with Gasteiger partial charge in [0.05, 0.1) is 12.5 Å². The number of carbonyl (C=O) groups excluding carboxylic acids is 2. The van der Waals surface area contributed by atoms with Crippen molar-refractivity contribution in [3.63, 3.8) is 0 Å². The minimum atomic E-state index is -0.482. The molecule has 1 aliphatic rings.